The number of pyridine rings is 2. The molecule has 0 saturated heterocycles. The van der Waals surface area contributed by atoms with Crippen molar-refractivity contribution in [2.24, 2.45) is 0 Å². The first-order valence-corrected chi connectivity index (χ1v) is 17.8. The SMILES string of the molecule is N#Cc1cc(Cl)cc(Oc2c(N)cnc(OCc3ccccc3)c2Br)c1.N#Cc1cc(Cl)cc(Oc2c([N+](=O)[O-])cnc(OCc3ccccc3)c2Br)c1. The zero-order valence-corrected chi connectivity index (χ0v) is 32.3. The fourth-order valence-corrected chi connectivity index (χ4v) is 5.98. The third-order valence-electron chi connectivity index (χ3n) is 6.97. The smallest absolute Gasteiger partial charge is 0.331 e. The van der Waals surface area contributed by atoms with E-state index in [0.29, 0.717) is 44.7 Å². The summed E-state index contributed by atoms with van der Waals surface area (Å²) in [5.41, 5.74) is 8.50. The minimum absolute atomic E-state index is 0.103. The Morgan fingerprint density at radius 1 is 0.704 bits per heavy atom. The molecule has 6 rings (SSSR count). The van der Waals surface area contributed by atoms with Crippen molar-refractivity contribution in [2.75, 3.05) is 5.73 Å². The minimum Gasteiger partial charge on any atom is -0.472 e. The molecule has 16 heteroatoms. The van der Waals surface area contributed by atoms with Crippen LogP contribution in [0.3, 0.4) is 0 Å². The summed E-state index contributed by atoms with van der Waals surface area (Å²) in [6.07, 6.45) is 2.51. The van der Waals surface area contributed by atoms with Crippen molar-refractivity contribution >= 4 is 66.4 Å². The number of aromatic nitrogens is 2. The molecule has 0 unspecified atom stereocenters. The van der Waals surface area contributed by atoms with E-state index in [4.69, 9.17) is 58.4 Å². The molecule has 270 valence electrons. The molecule has 2 aromatic heterocycles. The Balaban J connectivity index is 0.000000208. The number of nitrogens with zero attached hydrogens (tertiary/aromatic N) is 5. The van der Waals surface area contributed by atoms with Gasteiger partial charge in [-0.25, -0.2) is 9.97 Å². The summed E-state index contributed by atoms with van der Waals surface area (Å²) in [7, 11) is 0. The van der Waals surface area contributed by atoms with E-state index in [1.807, 2.05) is 72.8 Å². The highest BCUT2D eigenvalue weighted by Gasteiger charge is 2.25. The Kier molecular flexibility index (Phi) is 13.6. The van der Waals surface area contributed by atoms with Gasteiger partial charge in [-0.15, -0.1) is 0 Å². The van der Waals surface area contributed by atoms with Crippen molar-refractivity contribution in [3.05, 3.63) is 161 Å². The van der Waals surface area contributed by atoms with Crippen LogP contribution in [0.1, 0.15) is 22.3 Å². The highest BCUT2D eigenvalue weighted by atomic mass is 79.9. The first kappa shape index (κ1) is 39.3. The Morgan fingerprint density at radius 3 is 1.61 bits per heavy atom. The predicted molar refractivity (Wildman–Crippen MR) is 209 cm³/mol. The number of benzene rings is 4. The molecule has 0 aliphatic heterocycles. The van der Waals surface area contributed by atoms with Crippen LogP contribution in [0.2, 0.25) is 10.0 Å². The molecule has 2 heterocycles. The summed E-state index contributed by atoms with van der Waals surface area (Å²) < 4.78 is 23.6. The number of hydrogen-bond acceptors (Lipinski definition) is 11. The molecule has 2 N–H and O–H groups in total. The Labute approximate surface area is 335 Å². The van der Waals surface area contributed by atoms with Gasteiger partial charge in [-0.1, -0.05) is 83.9 Å². The number of rotatable bonds is 11. The first-order chi connectivity index (χ1) is 26.0. The van der Waals surface area contributed by atoms with Gasteiger partial charge in [0.2, 0.25) is 17.5 Å². The summed E-state index contributed by atoms with van der Waals surface area (Å²) >= 11 is 18.7. The zero-order valence-electron chi connectivity index (χ0n) is 27.6. The summed E-state index contributed by atoms with van der Waals surface area (Å²) in [5, 5.41) is 30.2. The molecule has 6 aromatic rings. The first-order valence-electron chi connectivity index (χ1n) is 15.4. The van der Waals surface area contributed by atoms with Gasteiger partial charge in [0.25, 0.3) is 0 Å². The normalized spacial score (nSPS) is 10.2. The lowest BCUT2D eigenvalue weighted by Gasteiger charge is -2.14. The van der Waals surface area contributed by atoms with Crippen LogP contribution < -0.4 is 24.7 Å². The van der Waals surface area contributed by atoms with Crippen LogP contribution in [0.25, 0.3) is 0 Å². The molecular formula is C38H24Br2Cl2N6O6. The third kappa shape index (κ3) is 10.6. The number of halogens is 4. The average Bonchev–Trinajstić information content (AvgIpc) is 3.17. The van der Waals surface area contributed by atoms with E-state index in [2.05, 4.69) is 41.8 Å². The van der Waals surface area contributed by atoms with Gasteiger partial charge >= 0.3 is 5.69 Å². The molecule has 54 heavy (non-hydrogen) atoms. The highest BCUT2D eigenvalue weighted by molar-refractivity contribution is 9.11. The second-order valence-corrected chi connectivity index (χ2v) is 13.3. The van der Waals surface area contributed by atoms with Crippen LogP contribution in [0.4, 0.5) is 11.4 Å². The van der Waals surface area contributed by atoms with Crippen molar-refractivity contribution in [3.8, 4) is 46.9 Å². The van der Waals surface area contributed by atoms with E-state index in [1.165, 1.54) is 24.4 Å². The van der Waals surface area contributed by atoms with Gasteiger partial charge in [0.1, 0.15) is 39.9 Å². The molecule has 0 aliphatic rings. The largest absolute Gasteiger partial charge is 0.472 e. The minimum atomic E-state index is -0.621. The zero-order chi connectivity index (χ0) is 38.6. The predicted octanol–water partition coefficient (Wildman–Crippen LogP) is 11.0. The van der Waals surface area contributed by atoms with Crippen molar-refractivity contribution in [1.29, 1.82) is 10.5 Å². The molecule has 0 saturated carbocycles. The fourth-order valence-electron chi connectivity index (χ4n) is 4.50. The number of ether oxygens (including phenoxy) is 4. The number of hydrogen-bond donors (Lipinski definition) is 1. The number of nitrogens with two attached hydrogens (primary N) is 1. The second kappa shape index (κ2) is 18.7. The molecule has 0 bridgehead atoms. The van der Waals surface area contributed by atoms with Gasteiger partial charge < -0.3 is 24.7 Å². The summed E-state index contributed by atoms with van der Waals surface area (Å²) in [6.45, 7) is 0.574. The molecule has 4 aromatic carbocycles. The number of nitrogen functional groups attached to an aromatic ring is 1. The maximum absolute atomic E-state index is 11.4. The van der Waals surface area contributed by atoms with Crippen LogP contribution in [0.5, 0.6) is 34.8 Å². The van der Waals surface area contributed by atoms with E-state index in [0.717, 1.165) is 17.3 Å². The van der Waals surface area contributed by atoms with Gasteiger partial charge in [-0.05, 0) is 79.4 Å². The lowest BCUT2D eigenvalue weighted by molar-refractivity contribution is -0.386. The van der Waals surface area contributed by atoms with Crippen molar-refractivity contribution in [1.82, 2.24) is 9.97 Å². The summed E-state index contributed by atoms with van der Waals surface area (Å²) in [5.74, 6) is 1.28. The van der Waals surface area contributed by atoms with Crippen molar-refractivity contribution in [2.45, 2.75) is 13.2 Å². The molecule has 0 fully saturated rings. The standard InChI is InChI=1S/C19H11BrClN3O4.C19H13BrClN3O2/c20-17-18(28-15-7-13(9-22)6-14(21)8-15)16(24(25)26)10-23-19(17)27-11-12-4-2-1-3-5-12;20-17-18(26-15-7-13(9-22)6-14(21)8-15)16(23)10-24-19(17)25-11-12-4-2-1-3-5-12/h1-8,10H,11H2;1-8,10H,11,23H2. The monoisotopic (exact) mass is 888 g/mol. The Hall–Kier alpha value is -5.90. The lowest BCUT2D eigenvalue weighted by Crippen LogP contribution is -2.01. The molecule has 0 radical (unpaired) electrons. The molecular weight excluding hydrogens is 867 g/mol. The summed E-state index contributed by atoms with van der Waals surface area (Å²) in [4.78, 5) is 19.0. The van der Waals surface area contributed by atoms with Crippen molar-refractivity contribution < 1.29 is 23.9 Å². The van der Waals surface area contributed by atoms with E-state index >= 15 is 0 Å². The second-order valence-electron chi connectivity index (χ2n) is 10.8. The Bertz CT molecular complexity index is 2380. The third-order valence-corrected chi connectivity index (χ3v) is 8.80. The van der Waals surface area contributed by atoms with Crippen LogP contribution in [0, 0.1) is 32.8 Å². The maximum Gasteiger partial charge on any atom is 0.331 e. The number of nitriles is 2. The topological polar surface area (TPSA) is 179 Å². The van der Waals surface area contributed by atoms with Gasteiger partial charge in [-0.2, -0.15) is 10.5 Å². The molecule has 0 spiro atoms. The Morgan fingerprint density at radius 2 is 1.15 bits per heavy atom. The van der Waals surface area contributed by atoms with E-state index < -0.39 is 4.92 Å². The lowest BCUT2D eigenvalue weighted by atomic mass is 10.2. The molecule has 12 nitrogen and oxygen atoms in total. The average molecular weight is 891 g/mol. The molecule has 0 atom stereocenters. The van der Waals surface area contributed by atoms with E-state index in [1.54, 1.807) is 18.2 Å². The number of anilines is 1. The van der Waals surface area contributed by atoms with Crippen LogP contribution >= 0.6 is 55.1 Å². The van der Waals surface area contributed by atoms with E-state index in [-0.39, 0.29) is 44.7 Å². The quantitative estimate of drug-likeness (QED) is 0.0966. The molecule has 0 amide bonds. The van der Waals surface area contributed by atoms with Crippen LogP contribution in [0.15, 0.2) is 118 Å². The maximum atomic E-state index is 11.4. The molecule has 0 aliphatic carbocycles. The number of nitro groups is 1. The van der Waals surface area contributed by atoms with Gasteiger partial charge in [0.15, 0.2) is 5.75 Å². The van der Waals surface area contributed by atoms with Gasteiger partial charge in [0.05, 0.1) is 40.1 Å². The van der Waals surface area contributed by atoms with Crippen LogP contribution in [-0.4, -0.2) is 14.9 Å². The van der Waals surface area contributed by atoms with Gasteiger partial charge in [-0.3, -0.25) is 10.1 Å². The van der Waals surface area contributed by atoms with E-state index in [9.17, 15) is 10.1 Å². The van der Waals surface area contributed by atoms with Crippen molar-refractivity contribution in [3.63, 3.8) is 0 Å². The van der Waals surface area contributed by atoms with Gasteiger partial charge in [0, 0.05) is 10.0 Å². The highest BCUT2D eigenvalue weighted by Crippen LogP contribution is 2.43. The van der Waals surface area contributed by atoms with Crippen LogP contribution in [-0.2, 0) is 13.2 Å². The summed E-state index contributed by atoms with van der Waals surface area (Å²) in [6, 6.07) is 32.1. The fraction of sp³-hybridized carbons (Fsp3) is 0.0526.